The Morgan fingerprint density at radius 2 is 2.00 bits per heavy atom. The number of allylic oxidation sites excluding steroid dienone is 1. The predicted molar refractivity (Wildman–Crippen MR) is 131 cm³/mol. The summed E-state index contributed by atoms with van der Waals surface area (Å²) in [6.45, 7) is 0.537. The Balaban J connectivity index is 1.33. The summed E-state index contributed by atoms with van der Waals surface area (Å²) in [5.74, 6) is -1.53. The van der Waals surface area contributed by atoms with Gasteiger partial charge in [-0.2, -0.15) is 5.10 Å². The van der Waals surface area contributed by atoms with Crippen LogP contribution in [0.3, 0.4) is 0 Å². The van der Waals surface area contributed by atoms with Crippen molar-refractivity contribution < 1.29 is 13.9 Å². The molecule has 0 saturated heterocycles. The van der Waals surface area contributed by atoms with Gasteiger partial charge < -0.3 is 10.1 Å². The number of hydrazine groups is 1. The van der Waals surface area contributed by atoms with Gasteiger partial charge in [-0.25, -0.2) is 23.9 Å². The van der Waals surface area contributed by atoms with Crippen molar-refractivity contribution in [3.63, 3.8) is 0 Å². The highest BCUT2D eigenvalue weighted by Gasteiger charge is 2.37. The molecule has 0 saturated carbocycles. The molecule has 3 aromatic rings. The smallest absolute Gasteiger partial charge is 0.137 e. The highest BCUT2D eigenvalue weighted by atomic mass is 79.9. The third-order valence-electron chi connectivity index (χ3n) is 6.02. The van der Waals surface area contributed by atoms with E-state index in [1.165, 1.54) is 23.4 Å². The number of fused-ring (bicyclic) bond motifs is 1. The van der Waals surface area contributed by atoms with Crippen LogP contribution in [-0.4, -0.2) is 43.2 Å². The molecular formula is C25H23BrF2N6O. The number of aliphatic hydroxyl groups is 1. The minimum atomic E-state index is -1.70. The molecule has 7 nitrogen and oxygen atoms in total. The second-order valence-corrected chi connectivity index (χ2v) is 9.57. The van der Waals surface area contributed by atoms with E-state index in [-0.39, 0.29) is 24.7 Å². The molecule has 10 heteroatoms. The average molecular weight is 541 g/mol. The average Bonchev–Trinajstić information content (AvgIpc) is 3.47. The van der Waals surface area contributed by atoms with Crippen LogP contribution in [0.5, 0.6) is 0 Å². The van der Waals surface area contributed by atoms with Crippen molar-refractivity contribution in [2.45, 2.75) is 31.2 Å². The topological polar surface area (TPSA) is 78.6 Å². The molecule has 2 atom stereocenters. The molecular weight excluding hydrogens is 518 g/mol. The van der Waals surface area contributed by atoms with Gasteiger partial charge in [-0.15, -0.1) is 0 Å². The third kappa shape index (κ3) is 5.39. The number of halogens is 3. The van der Waals surface area contributed by atoms with Crippen LogP contribution in [0, 0.1) is 11.6 Å². The van der Waals surface area contributed by atoms with Gasteiger partial charge in [0.25, 0.3) is 0 Å². The second-order valence-electron chi connectivity index (χ2n) is 8.66. The number of hydrogen-bond donors (Lipinski definition) is 2. The van der Waals surface area contributed by atoms with Crippen molar-refractivity contribution in [3.05, 3.63) is 106 Å². The van der Waals surface area contributed by atoms with Gasteiger partial charge >= 0.3 is 0 Å². The number of hydrogen-bond acceptors (Lipinski definition) is 6. The molecule has 5 rings (SSSR count). The summed E-state index contributed by atoms with van der Waals surface area (Å²) in [5.41, 5.74) is 4.77. The largest absolute Gasteiger partial charge is 0.381 e. The number of benzene rings is 2. The van der Waals surface area contributed by atoms with Crippen LogP contribution < -0.4 is 5.43 Å². The summed E-state index contributed by atoms with van der Waals surface area (Å²) in [6.07, 6.45) is 9.37. The molecule has 0 spiro atoms. The number of nitrogens with one attached hydrogen (secondary N) is 1. The van der Waals surface area contributed by atoms with Crippen LogP contribution >= 0.6 is 15.9 Å². The fourth-order valence-electron chi connectivity index (χ4n) is 4.31. The van der Waals surface area contributed by atoms with E-state index in [2.05, 4.69) is 31.4 Å². The van der Waals surface area contributed by atoms with Gasteiger partial charge in [-0.1, -0.05) is 40.2 Å². The molecule has 1 aliphatic carbocycles. The summed E-state index contributed by atoms with van der Waals surface area (Å²) < 4.78 is 30.7. The number of nitrogens with zero attached hydrogens (tertiary/aromatic N) is 5. The molecule has 0 radical (unpaired) electrons. The molecule has 2 unspecified atom stereocenters. The SMILES string of the molecule is OC(CN1C=C2CC(=NCc3ccc(Br)cc3)C=CC2N1)(Cn1cncn1)c1ccc(F)cc1F. The van der Waals surface area contributed by atoms with Crippen LogP contribution in [0.1, 0.15) is 17.5 Å². The Morgan fingerprint density at radius 1 is 1.17 bits per heavy atom. The van der Waals surface area contributed by atoms with E-state index < -0.39 is 17.2 Å². The maximum Gasteiger partial charge on any atom is 0.137 e. The van der Waals surface area contributed by atoms with Gasteiger partial charge in [0.05, 0.1) is 25.7 Å². The number of β-amino-alcohol motifs (C(OH)–C–C–N with tert-alkyl or cyclic N) is 1. The fourth-order valence-corrected chi connectivity index (χ4v) is 4.58. The zero-order chi connectivity index (χ0) is 24.4. The molecule has 1 aromatic heterocycles. The number of aromatic nitrogens is 3. The van der Waals surface area contributed by atoms with E-state index >= 15 is 0 Å². The highest BCUT2D eigenvalue weighted by Crippen LogP contribution is 2.30. The van der Waals surface area contributed by atoms with Crippen molar-refractivity contribution in [2.24, 2.45) is 4.99 Å². The maximum atomic E-state index is 14.7. The first kappa shape index (κ1) is 23.5. The van der Waals surface area contributed by atoms with Gasteiger partial charge in [0.2, 0.25) is 0 Å². The van der Waals surface area contributed by atoms with Crippen molar-refractivity contribution in [1.82, 2.24) is 25.2 Å². The van der Waals surface area contributed by atoms with Crippen LogP contribution in [0.2, 0.25) is 0 Å². The summed E-state index contributed by atoms with van der Waals surface area (Å²) in [5, 5.41) is 17.4. The Bertz CT molecular complexity index is 1290. The Kier molecular flexibility index (Phi) is 6.59. The Labute approximate surface area is 209 Å². The van der Waals surface area contributed by atoms with E-state index in [1.54, 1.807) is 5.01 Å². The van der Waals surface area contributed by atoms with E-state index in [9.17, 15) is 13.9 Å². The molecule has 35 heavy (non-hydrogen) atoms. The van der Waals surface area contributed by atoms with Gasteiger partial charge in [-0.05, 0) is 35.4 Å². The molecule has 2 aliphatic rings. The van der Waals surface area contributed by atoms with E-state index in [4.69, 9.17) is 4.99 Å². The predicted octanol–water partition coefficient (Wildman–Crippen LogP) is 3.88. The Hall–Kier alpha value is -3.21. The quantitative estimate of drug-likeness (QED) is 0.475. The molecule has 2 N–H and O–H groups in total. The maximum absolute atomic E-state index is 14.7. The van der Waals surface area contributed by atoms with Crippen molar-refractivity contribution in [1.29, 1.82) is 0 Å². The lowest BCUT2D eigenvalue weighted by molar-refractivity contribution is -0.0195. The molecule has 1 aliphatic heterocycles. The van der Waals surface area contributed by atoms with Gasteiger partial charge in [-0.3, -0.25) is 4.99 Å². The van der Waals surface area contributed by atoms with Gasteiger partial charge in [0, 0.05) is 34.4 Å². The van der Waals surface area contributed by atoms with Crippen LogP contribution in [0.15, 0.2) is 88.5 Å². The molecule has 180 valence electrons. The monoisotopic (exact) mass is 540 g/mol. The first-order chi connectivity index (χ1) is 16.9. The van der Waals surface area contributed by atoms with Crippen LogP contribution in [0.4, 0.5) is 8.78 Å². The van der Waals surface area contributed by atoms with E-state index in [1.807, 2.05) is 42.6 Å². The van der Waals surface area contributed by atoms with Gasteiger partial charge in [0.15, 0.2) is 0 Å². The first-order valence-electron chi connectivity index (χ1n) is 11.1. The molecule has 2 aromatic carbocycles. The van der Waals surface area contributed by atoms with Crippen molar-refractivity contribution in [2.75, 3.05) is 6.54 Å². The fraction of sp³-hybridized carbons (Fsp3) is 0.240. The molecule has 0 bridgehead atoms. The van der Waals surface area contributed by atoms with E-state index in [0.29, 0.717) is 13.0 Å². The summed E-state index contributed by atoms with van der Waals surface area (Å²) in [6, 6.07) is 11.2. The normalized spacial score (nSPS) is 20.1. The van der Waals surface area contributed by atoms with Crippen molar-refractivity contribution in [3.8, 4) is 0 Å². The van der Waals surface area contributed by atoms with Gasteiger partial charge in [0.1, 0.15) is 29.9 Å². The minimum Gasteiger partial charge on any atom is -0.381 e. The molecule has 0 fully saturated rings. The standard InChI is InChI=1S/C25H23BrF2N6O/c26-19-3-1-17(2-4-19)11-30-21-6-8-24-18(9-21)12-33(32-24)13-25(35,14-34-16-29-15-31-34)22-7-5-20(27)10-23(22)28/h1-8,10,12,15-16,24,32,35H,9,11,13-14H2. The van der Waals surface area contributed by atoms with E-state index in [0.717, 1.165) is 33.5 Å². The summed E-state index contributed by atoms with van der Waals surface area (Å²) in [4.78, 5) is 8.64. The second kappa shape index (κ2) is 9.80. The lowest BCUT2D eigenvalue weighted by Crippen LogP contribution is -2.47. The summed E-state index contributed by atoms with van der Waals surface area (Å²) >= 11 is 3.44. The zero-order valence-electron chi connectivity index (χ0n) is 18.7. The lowest BCUT2D eigenvalue weighted by Gasteiger charge is -2.33. The molecule has 2 heterocycles. The number of rotatable bonds is 7. The van der Waals surface area contributed by atoms with Crippen LogP contribution in [-0.2, 0) is 18.7 Å². The zero-order valence-corrected chi connectivity index (χ0v) is 20.2. The van der Waals surface area contributed by atoms with Crippen molar-refractivity contribution >= 4 is 21.6 Å². The Morgan fingerprint density at radius 3 is 2.74 bits per heavy atom. The third-order valence-corrected chi connectivity index (χ3v) is 6.55. The lowest BCUT2D eigenvalue weighted by atomic mass is 9.92. The summed E-state index contributed by atoms with van der Waals surface area (Å²) in [7, 11) is 0. The first-order valence-corrected chi connectivity index (χ1v) is 11.9. The molecule has 0 amide bonds. The number of aliphatic imine (C=N–C) groups is 1. The minimum absolute atomic E-state index is 0.00855. The highest BCUT2D eigenvalue weighted by molar-refractivity contribution is 9.10. The van der Waals surface area contributed by atoms with Crippen LogP contribution in [0.25, 0.3) is 0 Å².